The molecule has 2 unspecified atom stereocenters. The van der Waals surface area contributed by atoms with E-state index in [0.29, 0.717) is 0 Å². The molecule has 1 aromatic carbocycles. The molecule has 0 heterocycles. The molecule has 0 N–H and O–H groups in total. The van der Waals surface area contributed by atoms with Gasteiger partial charge in [-0.2, -0.15) is 22.0 Å². The molecule has 0 bridgehead atoms. The first-order valence-electron chi connectivity index (χ1n) is 5.50. The zero-order chi connectivity index (χ0) is 14.7. The van der Waals surface area contributed by atoms with Gasteiger partial charge >= 0.3 is 12.3 Å². The van der Waals surface area contributed by atoms with Crippen molar-refractivity contribution in [1.29, 1.82) is 0 Å². The van der Waals surface area contributed by atoms with Crippen molar-refractivity contribution in [2.45, 2.75) is 37.9 Å². The van der Waals surface area contributed by atoms with E-state index in [2.05, 4.69) is 4.74 Å². The first kappa shape index (κ1) is 15.8. The van der Waals surface area contributed by atoms with Gasteiger partial charge in [-0.3, -0.25) is 0 Å². The van der Waals surface area contributed by atoms with E-state index in [1.807, 2.05) is 0 Å². The number of hydrogen-bond acceptors (Lipinski definition) is 1. The van der Waals surface area contributed by atoms with Crippen LogP contribution < -0.4 is 0 Å². The average molecular weight is 286 g/mol. The second-order valence-corrected chi connectivity index (χ2v) is 3.89. The van der Waals surface area contributed by atoms with Crippen LogP contribution in [0.4, 0.5) is 26.3 Å². The molecule has 0 radical (unpaired) electrons. The molecule has 0 aliphatic heterocycles. The van der Waals surface area contributed by atoms with Gasteiger partial charge in [-0.25, -0.2) is 4.39 Å². The zero-order valence-corrected chi connectivity index (χ0v) is 9.92. The summed E-state index contributed by atoms with van der Waals surface area (Å²) in [7, 11) is 0. The fraction of sp³-hybridized carbons (Fsp3) is 0.500. The van der Waals surface area contributed by atoms with Crippen molar-refractivity contribution < 1.29 is 31.1 Å². The molecule has 2 atom stereocenters. The second kappa shape index (κ2) is 5.81. The third-order valence-corrected chi connectivity index (χ3v) is 2.42. The van der Waals surface area contributed by atoms with Crippen LogP contribution >= 0.6 is 0 Å². The largest absolute Gasteiger partial charge is 0.428 e. The van der Waals surface area contributed by atoms with Crippen molar-refractivity contribution >= 4 is 0 Å². The molecule has 0 saturated heterocycles. The molecular formula is C12H12F6O. The molecule has 1 rings (SSSR count). The van der Waals surface area contributed by atoms with Crippen molar-refractivity contribution in [3.8, 4) is 0 Å². The van der Waals surface area contributed by atoms with Crippen molar-refractivity contribution in [2.24, 2.45) is 0 Å². The highest BCUT2D eigenvalue weighted by molar-refractivity contribution is 5.17. The summed E-state index contributed by atoms with van der Waals surface area (Å²) in [4.78, 5) is 0. The summed E-state index contributed by atoms with van der Waals surface area (Å²) in [5, 5.41) is 0. The van der Waals surface area contributed by atoms with Crippen LogP contribution in [0.25, 0.3) is 0 Å². The van der Waals surface area contributed by atoms with Gasteiger partial charge in [0.15, 0.2) is 0 Å². The fourth-order valence-electron chi connectivity index (χ4n) is 1.49. The minimum atomic E-state index is -5.67. The molecule has 19 heavy (non-hydrogen) atoms. The van der Waals surface area contributed by atoms with Gasteiger partial charge in [0.1, 0.15) is 0 Å². The lowest BCUT2D eigenvalue weighted by Crippen LogP contribution is -2.44. The normalized spacial score (nSPS) is 16.2. The molecular weight excluding hydrogens is 274 g/mol. The minimum absolute atomic E-state index is 0.00974. The zero-order valence-electron chi connectivity index (χ0n) is 9.92. The highest BCUT2D eigenvalue weighted by Gasteiger charge is 2.58. The van der Waals surface area contributed by atoms with Crippen LogP contribution in [0, 0.1) is 0 Å². The average Bonchev–Trinajstić information content (AvgIpc) is 2.35. The van der Waals surface area contributed by atoms with E-state index < -0.39 is 24.6 Å². The summed E-state index contributed by atoms with van der Waals surface area (Å²) >= 11 is 0. The Morgan fingerprint density at radius 1 is 1.05 bits per heavy atom. The highest BCUT2D eigenvalue weighted by atomic mass is 19.4. The molecule has 0 saturated carbocycles. The van der Waals surface area contributed by atoms with E-state index in [1.54, 1.807) is 6.07 Å². The first-order chi connectivity index (χ1) is 8.68. The van der Waals surface area contributed by atoms with Crippen LogP contribution in [-0.2, 0) is 4.74 Å². The fourth-order valence-corrected chi connectivity index (χ4v) is 1.49. The van der Waals surface area contributed by atoms with Gasteiger partial charge < -0.3 is 4.74 Å². The Bertz CT molecular complexity index is 389. The van der Waals surface area contributed by atoms with Crippen molar-refractivity contribution in [3.05, 3.63) is 35.9 Å². The number of halogens is 6. The number of benzene rings is 1. The Hall–Kier alpha value is -1.24. The summed E-state index contributed by atoms with van der Waals surface area (Å²) in [5.41, 5.74) is 0.263. The van der Waals surface area contributed by atoms with Crippen molar-refractivity contribution in [2.75, 3.05) is 0 Å². The van der Waals surface area contributed by atoms with Crippen molar-refractivity contribution in [3.63, 3.8) is 0 Å². The van der Waals surface area contributed by atoms with E-state index in [0.717, 1.165) is 0 Å². The Kier molecular flexibility index (Phi) is 4.84. The monoisotopic (exact) mass is 286 g/mol. The van der Waals surface area contributed by atoms with E-state index in [-0.39, 0.29) is 12.0 Å². The van der Waals surface area contributed by atoms with Crippen LogP contribution in [0.5, 0.6) is 0 Å². The van der Waals surface area contributed by atoms with Crippen LogP contribution in [0.3, 0.4) is 0 Å². The summed E-state index contributed by atoms with van der Waals surface area (Å²) in [6.07, 6.45) is -16.3. The van der Waals surface area contributed by atoms with Gasteiger partial charge in [0.25, 0.3) is 6.17 Å². The molecule has 0 aliphatic carbocycles. The standard InChI is InChI=1S/C12H12F6O/c1-2-9(8-6-4-3-5-7-8)19-12(17,18)10(13)11(14,15)16/h3-7,9-10H,2H2,1H3. The topological polar surface area (TPSA) is 9.23 Å². The lowest BCUT2D eigenvalue weighted by molar-refractivity contribution is -0.349. The molecule has 0 amide bonds. The molecule has 108 valence electrons. The van der Waals surface area contributed by atoms with Gasteiger partial charge in [0.2, 0.25) is 0 Å². The van der Waals surface area contributed by atoms with Gasteiger partial charge in [0.05, 0.1) is 6.10 Å². The number of alkyl halides is 6. The van der Waals surface area contributed by atoms with Gasteiger partial charge in [-0.15, -0.1) is 0 Å². The Morgan fingerprint density at radius 2 is 1.58 bits per heavy atom. The summed E-state index contributed by atoms with van der Waals surface area (Å²) in [5.74, 6) is 0. The number of hydrogen-bond donors (Lipinski definition) is 0. The van der Waals surface area contributed by atoms with Gasteiger partial charge in [-0.1, -0.05) is 37.3 Å². The Balaban J connectivity index is 2.86. The van der Waals surface area contributed by atoms with E-state index in [4.69, 9.17) is 0 Å². The van der Waals surface area contributed by atoms with E-state index in [1.165, 1.54) is 31.2 Å². The summed E-state index contributed by atoms with van der Waals surface area (Å²) in [6, 6.07) is 7.50. The predicted octanol–water partition coefficient (Wildman–Crippen LogP) is 4.65. The number of rotatable bonds is 5. The first-order valence-corrected chi connectivity index (χ1v) is 5.50. The summed E-state index contributed by atoms with van der Waals surface area (Å²) < 4.78 is 78.9. The molecule has 1 nitrogen and oxygen atoms in total. The highest BCUT2D eigenvalue weighted by Crippen LogP contribution is 2.39. The lowest BCUT2D eigenvalue weighted by Gasteiger charge is -2.27. The molecule has 7 heteroatoms. The summed E-state index contributed by atoms with van der Waals surface area (Å²) in [6.45, 7) is 1.45. The molecule has 0 spiro atoms. The van der Waals surface area contributed by atoms with E-state index >= 15 is 0 Å². The Labute approximate surface area is 106 Å². The third-order valence-electron chi connectivity index (χ3n) is 2.42. The molecule has 0 fully saturated rings. The van der Waals surface area contributed by atoms with Crippen LogP contribution in [0.15, 0.2) is 30.3 Å². The maximum Gasteiger partial charge on any atom is 0.428 e. The third kappa shape index (κ3) is 4.12. The van der Waals surface area contributed by atoms with Crippen LogP contribution in [0.2, 0.25) is 0 Å². The second-order valence-electron chi connectivity index (χ2n) is 3.89. The maximum absolute atomic E-state index is 13.1. The lowest BCUT2D eigenvalue weighted by atomic mass is 10.1. The van der Waals surface area contributed by atoms with Crippen LogP contribution in [-0.4, -0.2) is 18.5 Å². The predicted molar refractivity (Wildman–Crippen MR) is 56.5 cm³/mol. The van der Waals surface area contributed by atoms with Gasteiger partial charge in [0, 0.05) is 0 Å². The SMILES string of the molecule is CCC(OC(F)(F)C(F)C(F)(F)F)c1ccccc1. The minimum Gasteiger partial charge on any atom is -0.310 e. The molecule has 1 aromatic rings. The van der Waals surface area contributed by atoms with E-state index in [9.17, 15) is 26.3 Å². The van der Waals surface area contributed by atoms with Gasteiger partial charge in [-0.05, 0) is 12.0 Å². The van der Waals surface area contributed by atoms with Crippen molar-refractivity contribution in [1.82, 2.24) is 0 Å². The molecule has 0 aliphatic rings. The number of ether oxygens (including phenoxy) is 1. The van der Waals surface area contributed by atoms with Crippen LogP contribution in [0.1, 0.15) is 25.0 Å². The maximum atomic E-state index is 13.1. The molecule has 0 aromatic heterocycles. The smallest absolute Gasteiger partial charge is 0.310 e. The quantitative estimate of drug-likeness (QED) is 0.716. The Morgan fingerprint density at radius 3 is 2.00 bits per heavy atom.